The number of anilines is 1. The van der Waals surface area contributed by atoms with Gasteiger partial charge in [-0.3, -0.25) is 9.59 Å². The maximum absolute atomic E-state index is 13.1. The van der Waals surface area contributed by atoms with Gasteiger partial charge >= 0.3 is 0 Å². The molecule has 3 aliphatic rings. The summed E-state index contributed by atoms with van der Waals surface area (Å²) in [4.78, 5) is 29.7. The summed E-state index contributed by atoms with van der Waals surface area (Å²) in [6.07, 6.45) is 3.97. The van der Waals surface area contributed by atoms with E-state index in [1.54, 1.807) is 0 Å². The molecule has 0 spiro atoms. The Kier molecular flexibility index (Phi) is 5.17. The zero-order valence-corrected chi connectivity index (χ0v) is 17.0. The molecule has 3 heterocycles. The van der Waals surface area contributed by atoms with E-state index in [-0.39, 0.29) is 24.1 Å². The van der Waals surface area contributed by atoms with E-state index in [1.165, 1.54) is 0 Å². The van der Waals surface area contributed by atoms with Crippen molar-refractivity contribution in [1.82, 2.24) is 9.80 Å². The topological polar surface area (TPSA) is 61.9 Å². The predicted octanol–water partition coefficient (Wildman–Crippen LogP) is 3.67. The van der Waals surface area contributed by atoms with Gasteiger partial charge in [0.2, 0.25) is 0 Å². The van der Waals surface area contributed by atoms with E-state index in [9.17, 15) is 9.59 Å². The van der Waals surface area contributed by atoms with Gasteiger partial charge in [0.15, 0.2) is 0 Å². The lowest BCUT2D eigenvalue weighted by molar-refractivity contribution is 0.0488. The molecule has 2 fully saturated rings. The normalized spacial score (nSPS) is 23.1. The molecular formula is C24H27N3O3. The van der Waals surface area contributed by atoms with Crippen LogP contribution in [0.5, 0.6) is 0 Å². The lowest BCUT2D eigenvalue weighted by Crippen LogP contribution is -2.38. The van der Waals surface area contributed by atoms with Crippen molar-refractivity contribution in [1.29, 1.82) is 0 Å². The van der Waals surface area contributed by atoms with Gasteiger partial charge in [-0.15, -0.1) is 0 Å². The number of rotatable bonds is 5. The minimum Gasteiger partial charge on any atom is -0.376 e. The van der Waals surface area contributed by atoms with Crippen LogP contribution < -0.4 is 5.32 Å². The SMILES string of the molecule is O=C(c1cccc(N[C@@H]2c3ccccc3C(=O)N2C[C@H]2CCCO2)c1)N1CCCC1. The van der Waals surface area contributed by atoms with Crippen molar-refractivity contribution >= 4 is 17.5 Å². The van der Waals surface area contributed by atoms with E-state index >= 15 is 0 Å². The van der Waals surface area contributed by atoms with Crippen molar-refractivity contribution in [3.63, 3.8) is 0 Å². The van der Waals surface area contributed by atoms with Gasteiger partial charge in [0.1, 0.15) is 6.17 Å². The molecule has 3 aliphatic heterocycles. The second kappa shape index (κ2) is 8.11. The van der Waals surface area contributed by atoms with Gasteiger partial charge in [-0.1, -0.05) is 24.3 Å². The molecule has 6 heteroatoms. The predicted molar refractivity (Wildman–Crippen MR) is 114 cm³/mol. The van der Waals surface area contributed by atoms with Crippen LogP contribution in [0.15, 0.2) is 48.5 Å². The molecule has 2 aromatic rings. The van der Waals surface area contributed by atoms with Crippen molar-refractivity contribution in [2.45, 2.75) is 38.0 Å². The number of ether oxygens (including phenoxy) is 1. The zero-order valence-electron chi connectivity index (χ0n) is 17.0. The maximum Gasteiger partial charge on any atom is 0.256 e. The van der Waals surface area contributed by atoms with E-state index < -0.39 is 0 Å². The molecule has 0 bridgehead atoms. The molecule has 2 atom stereocenters. The molecule has 2 aromatic carbocycles. The van der Waals surface area contributed by atoms with Crippen LogP contribution in [0.4, 0.5) is 5.69 Å². The number of hydrogen-bond acceptors (Lipinski definition) is 4. The fourth-order valence-corrected chi connectivity index (χ4v) is 4.72. The van der Waals surface area contributed by atoms with Crippen molar-refractivity contribution in [3.8, 4) is 0 Å². The molecule has 0 radical (unpaired) electrons. The molecule has 2 amide bonds. The van der Waals surface area contributed by atoms with Gasteiger partial charge in [-0.25, -0.2) is 0 Å². The molecule has 2 saturated heterocycles. The molecule has 1 N–H and O–H groups in total. The van der Waals surface area contributed by atoms with Crippen LogP contribution in [0.3, 0.4) is 0 Å². The highest BCUT2D eigenvalue weighted by Crippen LogP contribution is 2.35. The van der Waals surface area contributed by atoms with Gasteiger partial charge in [0.05, 0.1) is 6.10 Å². The average molecular weight is 405 g/mol. The number of hydrogen-bond donors (Lipinski definition) is 1. The van der Waals surface area contributed by atoms with E-state index in [0.717, 1.165) is 62.2 Å². The highest BCUT2D eigenvalue weighted by molar-refractivity contribution is 5.99. The maximum atomic E-state index is 13.1. The summed E-state index contributed by atoms with van der Waals surface area (Å²) in [6, 6.07) is 15.4. The van der Waals surface area contributed by atoms with Gasteiger partial charge in [0.25, 0.3) is 11.8 Å². The number of benzene rings is 2. The Hall–Kier alpha value is -2.86. The summed E-state index contributed by atoms with van der Waals surface area (Å²) >= 11 is 0. The van der Waals surface area contributed by atoms with Gasteiger partial charge in [0, 0.05) is 48.6 Å². The molecule has 30 heavy (non-hydrogen) atoms. The monoisotopic (exact) mass is 405 g/mol. The molecule has 0 aliphatic carbocycles. The molecule has 156 valence electrons. The number of nitrogens with one attached hydrogen (secondary N) is 1. The Morgan fingerprint density at radius 2 is 1.90 bits per heavy atom. The number of carbonyl (C=O) groups excluding carboxylic acids is 2. The first kappa shape index (κ1) is 19.1. The second-order valence-electron chi connectivity index (χ2n) is 8.31. The highest BCUT2D eigenvalue weighted by atomic mass is 16.5. The highest BCUT2D eigenvalue weighted by Gasteiger charge is 2.38. The van der Waals surface area contributed by atoms with Gasteiger partial charge < -0.3 is 19.9 Å². The molecular weight excluding hydrogens is 378 g/mol. The number of fused-ring (bicyclic) bond motifs is 1. The Morgan fingerprint density at radius 1 is 1.07 bits per heavy atom. The molecule has 0 saturated carbocycles. The lowest BCUT2D eigenvalue weighted by Gasteiger charge is -2.29. The molecule has 6 nitrogen and oxygen atoms in total. The Bertz CT molecular complexity index is 948. The van der Waals surface area contributed by atoms with Crippen molar-refractivity contribution in [3.05, 3.63) is 65.2 Å². The third-order valence-corrected chi connectivity index (χ3v) is 6.29. The lowest BCUT2D eigenvalue weighted by atomic mass is 10.1. The minimum atomic E-state index is -0.268. The van der Waals surface area contributed by atoms with Crippen molar-refractivity contribution in [2.75, 3.05) is 31.6 Å². The number of nitrogens with zero attached hydrogens (tertiary/aromatic N) is 2. The van der Waals surface area contributed by atoms with E-state index in [2.05, 4.69) is 5.32 Å². The fourth-order valence-electron chi connectivity index (χ4n) is 4.72. The van der Waals surface area contributed by atoms with Crippen LogP contribution in [-0.4, -0.2) is 54.0 Å². The average Bonchev–Trinajstić information content (AvgIpc) is 3.53. The first-order valence-corrected chi connectivity index (χ1v) is 10.9. The van der Waals surface area contributed by atoms with Crippen LogP contribution in [0.25, 0.3) is 0 Å². The van der Waals surface area contributed by atoms with Crippen molar-refractivity contribution < 1.29 is 14.3 Å². The van der Waals surface area contributed by atoms with Gasteiger partial charge in [-0.05, 0) is 49.9 Å². The summed E-state index contributed by atoms with van der Waals surface area (Å²) in [5, 5.41) is 3.52. The Balaban J connectivity index is 1.40. The summed E-state index contributed by atoms with van der Waals surface area (Å²) < 4.78 is 5.80. The second-order valence-corrected chi connectivity index (χ2v) is 8.31. The molecule has 0 unspecified atom stereocenters. The third-order valence-electron chi connectivity index (χ3n) is 6.29. The number of likely N-dealkylation sites (tertiary alicyclic amines) is 1. The van der Waals surface area contributed by atoms with E-state index in [4.69, 9.17) is 4.74 Å². The summed E-state index contributed by atoms with van der Waals surface area (Å²) in [7, 11) is 0. The van der Waals surface area contributed by atoms with Crippen LogP contribution >= 0.6 is 0 Å². The summed E-state index contributed by atoms with van der Waals surface area (Å²) in [5.74, 6) is 0.109. The quantitative estimate of drug-likeness (QED) is 0.825. The van der Waals surface area contributed by atoms with Crippen LogP contribution in [-0.2, 0) is 4.74 Å². The summed E-state index contributed by atoms with van der Waals surface area (Å²) in [5.41, 5.74) is 3.23. The van der Waals surface area contributed by atoms with Crippen LogP contribution in [0.1, 0.15) is 58.1 Å². The molecule has 5 rings (SSSR count). The number of amides is 2. The standard InChI is InChI=1S/C24H27N3O3/c28-23(26-12-3-4-13-26)17-7-5-8-18(15-17)25-22-20-10-1-2-11-21(20)24(29)27(22)16-19-9-6-14-30-19/h1-2,5,7-8,10-11,15,19,22,25H,3-4,6,9,12-14,16H2/t19-,22+/m1/s1. The first-order chi connectivity index (χ1) is 14.7. The zero-order chi connectivity index (χ0) is 20.5. The third kappa shape index (κ3) is 3.56. The van der Waals surface area contributed by atoms with Crippen LogP contribution in [0.2, 0.25) is 0 Å². The smallest absolute Gasteiger partial charge is 0.256 e. The van der Waals surface area contributed by atoms with E-state index in [1.807, 2.05) is 58.3 Å². The fraction of sp³-hybridized carbons (Fsp3) is 0.417. The van der Waals surface area contributed by atoms with Crippen LogP contribution in [0, 0.1) is 0 Å². The number of carbonyl (C=O) groups is 2. The van der Waals surface area contributed by atoms with Crippen molar-refractivity contribution in [2.24, 2.45) is 0 Å². The Morgan fingerprint density at radius 3 is 2.70 bits per heavy atom. The summed E-state index contributed by atoms with van der Waals surface area (Å²) in [6.45, 7) is 2.99. The first-order valence-electron chi connectivity index (χ1n) is 10.9. The van der Waals surface area contributed by atoms with E-state index in [0.29, 0.717) is 12.1 Å². The largest absolute Gasteiger partial charge is 0.376 e. The Labute approximate surface area is 176 Å². The minimum absolute atomic E-state index is 0.0305. The van der Waals surface area contributed by atoms with Gasteiger partial charge in [-0.2, -0.15) is 0 Å². The molecule has 0 aromatic heterocycles.